The van der Waals surface area contributed by atoms with Crippen molar-refractivity contribution < 1.29 is 19.1 Å². The van der Waals surface area contributed by atoms with Gasteiger partial charge in [-0.3, -0.25) is 19.3 Å². The number of nitrogens with zero attached hydrogens (tertiary/aromatic N) is 2. The highest BCUT2D eigenvalue weighted by atomic mass is 32.2. The van der Waals surface area contributed by atoms with Crippen LogP contribution in [0.25, 0.3) is 17.0 Å². The summed E-state index contributed by atoms with van der Waals surface area (Å²) in [4.78, 5) is 38.9. The van der Waals surface area contributed by atoms with Crippen LogP contribution >= 0.6 is 11.8 Å². The number of nitrogens with one attached hydrogen (secondary N) is 1. The number of hydrogen-bond donors (Lipinski definition) is 1. The first-order valence-corrected chi connectivity index (χ1v) is 10.9. The molecule has 30 heavy (non-hydrogen) atoms. The second-order valence-electron chi connectivity index (χ2n) is 7.06. The molecule has 3 rings (SSSR count). The minimum Gasteiger partial charge on any atom is -0.383 e. The third-order valence-electron chi connectivity index (χ3n) is 4.94. The number of rotatable bonds is 9. The van der Waals surface area contributed by atoms with Gasteiger partial charge in [0.05, 0.1) is 17.0 Å². The number of thioether (sulfide) groups is 1. The van der Waals surface area contributed by atoms with E-state index in [2.05, 4.69) is 12.2 Å². The predicted octanol–water partition coefficient (Wildman–Crippen LogP) is 3.41. The number of amides is 3. The standard InChI is InChI=1S/C22H27N3O4S/c1-4-10-25-21(27)18(30-22(25)28)12-16-13-24(14-19(26)23-9-11-29-3)20-15(5-2)7-6-8-17(16)20/h6-8,12-13H,4-5,9-11,14H2,1-3H3,(H,23,26)/b18-12-. The molecule has 0 unspecified atom stereocenters. The first-order valence-electron chi connectivity index (χ1n) is 10.1. The van der Waals surface area contributed by atoms with Crippen LogP contribution in [0, 0.1) is 0 Å². The Morgan fingerprint density at radius 1 is 1.27 bits per heavy atom. The molecule has 2 heterocycles. The summed E-state index contributed by atoms with van der Waals surface area (Å²) in [5.41, 5.74) is 2.92. The number of ether oxygens (including phenoxy) is 1. The fraction of sp³-hybridized carbons (Fsp3) is 0.409. The summed E-state index contributed by atoms with van der Waals surface area (Å²) in [6, 6.07) is 6.00. The van der Waals surface area contributed by atoms with Gasteiger partial charge >= 0.3 is 0 Å². The summed E-state index contributed by atoms with van der Waals surface area (Å²) >= 11 is 0.968. The largest absolute Gasteiger partial charge is 0.383 e. The van der Waals surface area contributed by atoms with Gasteiger partial charge in [-0.2, -0.15) is 0 Å². The molecule has 0 spiro atoms. The zero-order valence-corrected chi connectivity index (χ0v) is 18.4. The van der Waals surface area contributed by atoms with Gasteiger partial charge in [-0.05, 0) is 36.2 Å². The summed E-state index contributed by atoms with van der Waals surface area (Å²) in [5, 5.41) is 3.57. The molecule has 8 heteroatoms. The molecule has 0 aliphatic carbocycles. The molecule has 2 aromatic rings. The van der Waals surface area contributed by atoms with Gasteiger partial charge in [-0.1, -0.05) is 32.0 Å². The highest BCUT2D eigenvalue weighted by Crippen LogP contribution is 2.34. The molecular weight excluding hydrogens is 402 g/mol. The van der Waals surface area contributed by atoms with Crippen molar-refractivity contribution in [2.75, 3.05) is 26.8 Å². The van der Waals surface area contributed by atoms with Gasteiger partial charge in [0.25, 0.3) is 11.1 Å². The first-order chi connectivity index (χ1) is 14.5. The number of methoxy groups -OCH3 is 1. The third kappa shape index (κ3) is 4.60. The summed E-state index contributed by atoms with van der Waals surface area (Å²) in [5.74, 6) is -0.360. The van der Waals surface area contributed by atoms with E-state index in [1.807, 2.05) is 35.9 Å². The molecule has 1 aromatic heterocycles. The Hall–Kier alpha value is -2.58. The number of carbonyl (C=O) groups excluding carboxylic acids is 3. The summed E-state index contributed by atoms with van der Waals surface area (Å²) in [6.45, 7) is 5.50. The lowest BCUT2D eigenvalue weighted by Crippen LogP contribution is -2.30. The number of imide groups is 1. The monoisotopic (exact) mass is 429 g/mol. The second kappa shape index (κ2) is 9.95. The van der Waals surface area contributed by atoms with E-state index >= 15 is 0 Å². The zero-order valence-electron chi connectivity index (χ0n) is 17.6. The smallest absolute Gasteiger partial charge is 0.293 e. The van der Waals surface area contributed by atoms with Gasteiger partial charge in [0.2, 0.25) is 5.91 Å². The van der Waals surface area contributed by atoms with E-state index in [1.165, 1.54) is 4.90 Å². The number of aryl methyl sites for hydroxylation is 1. The minimum atomic E-state index is -0.253. The third-order valence-corrected chi connectivity index (χ3v) is 5.85. The molecule has 0 atom stereocenters. The molecule has 1 N–H and O–H groups in total. The molecule has 7 nitrogen and oxygen atoms in total. The lowest BCUT2D eigenvalue weighted by molar-refractivity contribution is -0.123. The van der Waals surface area contributed by atoms with Gasteiger partial charge in [0.15, 0.2) is 0 Å². The summed E-state index contributed by atoms with van der Waals surface area (Å²) in [7, 11) is 1.59. The van der Waals surface area contributed by atoms with Crippen molar-refractivity contribution in [1.82, 2.24) is 14.8 Å². The van der Waals surface area contributed by atoms with Crippen LogP contribution in [-0.2, 0) is 27.3 Å². The Morgan fingerprint density at radius 3 is 2.77 bits per heavy atom. The quantitative estimate of drug-likeness (QED) is 0.488. The molecule has 0 bridgehead atoms. The number of para-hydroxylation sites is 1. The van der Waals surface area contributed by atoms with Crippen LogP contribution in [0.2, 0.25) is 0 Å². The topological polar surface area (TPSA) is 80.6 Å². The highest BCUT2D eigenvalue weighted by molar-refractivity contribution is 8.18. The lowest BCUT2D eigenvalue weighted by Gasteiger charge is -2.09. The Labute approximate surface area is 180 Å². The molecule has 1 saturated heterocycles. The van der Waals surface area contributed by atoms with Gasteiger partial charge in [-0.15, -0.1) is 0 Å². The number of fused-ring (bicyclic) bond motifs is 1. The molecule has 160 valence electrons. The van der Waals surface area contributed by atoms with Crippen molar-refractivity contribution in [2.45, 2.75) is 33.2 Å². The van der Waals surface area contributed by atoms with E-state index in [1.54, 1.807) is 13.2 Å². The van der Waals surface area contributed by atoms with Crippen molar-refractivity contribution in [3.8, 4) is 0 Å². The predicted molar refractivity (Wildman–Crippen MR) is 119 cm³/mol. The normalized spacial score (nSPS) is 15.6. The molecule has 1 fully saturated rings. The van der Waals surface area contributed by atoms with E-state index in [-0.39, 0.29) is 23.6 Å². The first kappa shape index (κ1) is 22.1. The molecule has 1 aromatic carbocycles. The molecule has 3 amide bonds. The van der Waals surface area contributed by atoms with E-state index in [4.69, 9.17) is 4.74 Å². The van der Waals surface area contributed by atoms with Gasteiger partial charge in [0, 0.05) is 37.3 Å². The SMILES string of the molecule is CCCN1C(=O)S/C(=C\c2cn(CC(=O)NCCOC)c3c(CC)cccc23)C1=O. The molecule has 0 radical (unpaired) electrons. The van der Waals surface area contributed by atoms with Crippen LogP contribution in [0.5, 0.6) is 0 Å². The van der Waals surface area contributed by atoms with Crippen LogP contribution in [0.15, 0.2) is 29.3 Å². The van der Waals surface area contributed by atoms with Crippen LogP contribution in [-0.4, -0.2) is 53.3 Å². The Balaban J connectivity index is 1.97. The second-order valence-corrected chi connectivity index (χ2v) is 8.05. The lowest BCUT2D eigenvalue weighted by atomic mass is 10.1. The van der Waals surface area contributed by atoms with E-state index in [0.717, 1.165) is 46.6 Å². The maximum absolute atomic E-state index is 12.6. The van der Waals surface area contributed by atoms with Crippen LogP contribution in [0.3, 0.4) is 0 Å². The van der Waals surface area contributed by atoms with Gasteiger partial charge in [0.1, 0.15) is 6.54 Å². The minimum absolute atomic E-state index is 0.107. The molecule has 1 aliphatic heterocycles. The number of aromatic nitrogens is 1. The Bertz CT molecular complexity index is 996. The Morgan fingerprint density at radius 2 is 2.07 bits per heavy atom. The van der Waals surface area contributed by atoms with Crippen molar-refractivity contribution in [1.29, 1.82) is 0 Å². The van der Waals surface area contributed by atoms with Crippen molar-refractivity contribution in [3.63, 3.8) is 0 Å². The van der Waals surface area contributed by atoms with Crippen molar-refractivity contribution >= 4 is 45.8 Å². The van der Waals surface area contributed by atoms with E-state index in [9.17, 15) is 14.4 Å². The molecule has 1 aliphatic rings. The molecular formula is C22H27N3O4S. The van der Waals surface area contributed by atoms with Crippen LogP contribution in [0.1, 0.15) is 31.4 Å². The summed E-state index contributed by atoms with van der Waals surface area (Å²) in [6.07, 6.45) is 5.19. The van der Waals surface area contributed by atoms with E-state index < -0.39 is 0 Å². The molecule has 0 saturated carbocycles. The van der Waals surface area contributed by atoms with Crippen LogP contribution in [0.4, 0.5) is 4.79 Å². The van der Waals surface area contributed by atoms with E-state index in [0.29, 0.717) is 24.6 Å². The maximum Gasteiger partial charge on any atom is 0.293 e. The van der Waals surface area contributed by atoms with Crippen LogP contribution < -0.4 is 5.32 Å². The number of carbonyl (C=O) groups is 3. The highest BCUT2D eigenvalue weighted by Gasteiger charge is 2.34. The van der Waals surface area contributed by atoms with Gasteiger partial charge in [-0.25, -0.2) is 0 Å². The average molecular weight is 430 g/mol. The maximum atomic E-state index is 12.6. The van der Waals surface area contributed by atoms with Crippen molar-refractivity contribution in [2.24, 2.45) is 0 Å². The fourth-order valence-corrected chi connectivity index (χ4v) is 4.41. The Kier molecular flexibility index (Phi) is 7.33. The fourth-order valence-electron chi connectivity index (χ4n) is 3.55. The zero-order chi connectivity index (χ0) is 21.7. The van der Waals surface area contributed by atoms with Gasteiger partial charge < -0.3 is 14.6 Å². The summed E-state index contributed by atoms with van der Waals surface area (Å²) < 4.78 is 6.89. The number of benzene rings is 1. The average Bonchev–Trinajstić information content (AvgIpc) is 3.20. The number of hydrogen-bond acceptors (Lipinski definition) is 5. The van der Waals surface area contributed by atoms with Crippen molar-refractivity contribution in [3.05, 3.63) is 40.4 Å².